The highest BCUT2D eigenvalue weighted by Crippen LogP contribution is 2.22. The number of nitrogens with one attached hydrogen (secondary N) is 1. The molecule has 1 N–H and O–H groups in total. The maximum atomic E-state index is 12.4. The van der Waals surface area contributed by atoms with Crippen molar-refractivity contribution < 1.29 is 4.79 Å². The minimum atomic E-state index is -0.163. The van der Waals surface area contributed by atoms with E-state index in [9.17, 15) is 4.79 Å². The second-order valence-electron chi connectivity index (χ2n) is 6.10. The van der Waals surface area contributed by atoms with Crippen LogP contribution in [0.2, 0.25) is 5.02 Å². The van der Waals surface area contributed by atoms with Crippen LogP contribution in [0.4, 0.5) is 0 Å². The molecule has 1 rings (SSSR count). The summed E-state index contributed by atoms with van der Waals surface area (Å²) in [5.41, 5.74) is 1.13. The lowest BCUT2D eigenvalue weighted by Crippen LogP contribution is -2.45. The number of carbonyl (C=O) groups is 1. The van der Waals surface area contributed by atoms with Crippen LogP contribution >= 0.6 is 11.6 Å². The molecule has 0 aromatic heterocycles. The molecule has 3 nitrogen and oxygen atoms in total. The van der Waals surface area contributed by atoms with E-state index in [4.69, 9.17) is 11.6 Å². The van der Waals surface area contributed by atoms with Crippen LogP contribution in [0.25, 0.3) is 0 Å². The van der Waals surface area contributed by atoms with Gasteiger partial charge in [-0.1, -0.05) is 44.5 Å². The summed E-state index contributed by atoms with van der Waals surface area (Å²) in [5, 5.41) is 4.24. The monoisotopic (exact) mass is 310 g/mol. The number of amides is 1. The first-order chi connectivity index (χ1) is 9.85. The summed E-state index contributed by atoms with van der Waals surface area (Å²) in [6.07, 6.45) is 1.74. The lowest BCUT2D eigenvalue weighted by molar-refractivity contribution is -0.131. The van der Waals surface area contributed by atoms with E-state index < -0.39 is 0 Å². The summed E-state index contributed by atoms with van der Waals surface area (Å²) in [5.74, 6) is 0.590. The van der Waals surface area contributed by atoms with Crippen molar-refractivity contribution in [3.05, 3.63) is 34.9 Å². The van der Waals surface area contributed by atoms with E-state index in [1.807, 2.05) is 18.2 Å². The molecule has 1 aromatic carbocycles. The first-order valence-electron chi connectivity index (χ1n) is 7.57. The zero-order chi connectivity index (χ0) is 16.0. The molecule has 0 bridgehead atoms. The van der Waals surface area contributed by atoms with E-state index >= 15 is 0 Å². The molecule has 1 aromatic rings. The molecular weight excluding hydrogens is 284 g/mol. The maximum Gasteiger partial charge on any atom is 0.239 e. The van der Waals surface area contributed by atoms with Gasteiger partial charge in [0.25, 0.3) is 0 Å². The zero-order valence-corrected chi connectivity index (χ0v) is 14.4. The summed E-state index contributed by atoms with van der Waals surface area (Å²) < 4.78 is 0. The third kappa shape index (κ3) is 5.68. The minimum Gasteiger partial charge on any atom is -0.347 e. The first kappa shape index (κ1) is 18.0. The van der Waals surface area contributed by atoms with Gasteiger partial charge in [-0.25, -0.2) is 0 Å². The third-order valence-electron chi connectivity index (χ3n) is 3.51. The Balaban J connectivity index is 2.90. The van der Waals surface area contributed by atoms with Crippen LogP contribution in [-0.2, 0) is 4.79 Å². The number of likely N-dealkylation sites (N-methyl/N-ethyl adjacent to an activating group) is 1. The highest BCUT2D eigenvalue weighted by Gasteiger charge is 2.24. The van der Waals surface area contributed by atoms with Crippen LogP contribution in [0.1, 0.15) is 45.2 Å². The molecule has 2 unspecified atom stereocenters. The molecule has 0 fully saturated rings. The molecule has 2 atom stereocenters. The maximum absolute atomic E-state index is 12.4. The van der Waals surface area contributed by atoms with Gasteiger partial charge in [-0.3, -0.25) is 10.1 Å². The van der Waals surface area contributed by atoms with E-state index in [1.165, 1.54) is 0 Å². The van der Waals surface area contributed by atoms with Gasteiger partial charge in [0.2, 0.25) is 5.91 Å². The van der Waals surface area contributed by atoms with Crippen LogP contribution < -0.4 is 5.32 Å². The van der Waals surface area contributed by atoms with Gasteiger partial charge in [0.05, 0.1) is 6.04 Å². The molecule has 0 aliphatic heterocycles. The Labute approximate surface area is 133 Å². The van der Waals surface area contributed by atoms with Gasteiger partial charge in [0.1, 0.15) is 0 Å². The summed E-state index contributed by atoms with van der Waals surface area (Å²) in [6, 6.07) is 7.82. The molecule has 1 amide bonds. The quantitative estimate of drug-likeness (QED) is 0.829. The van der Waals surface area contributed by atoms with Gasteiger partial charge in [-0.05, 0) is 36.5 Å². The molecule has 118 valence electrons. The van der Waals surface area contributed by atoms with Gasteiger partial charge in [0, 0.05) is 25.2 Å². The molecule has 0 aliphatic carbocycles. The van der Waals surface area contributed by atoms with Crippen molar-refractivity contribution >= 4 is 17.5 Å². The molecule has 4 heteroatoms. The van der Waals surface area contributed by atoms with Crippen molar-refractivity contribution in [2.24, 2.45) is 5.92 Å². The number of hydrogen-bond acceptors (Lipinski definition) is 2. The van der Waals surface area contributed by atoms with Gasteiger partial charge >= 0.3 is 0 Å². The third-order valence-corrected chi connectivity index (χ3v) is 3.74. The number of nitrogens with zero attached hydrogens (tertiary/aromatic N) is 1. The largest absolute Gasteiger partial charge is 0.347 e. The van der Waals surface area contributed by atoms with E-state index in [1.54, 1.807) is 19.0 Å². The second kappa shape index (κ2) is 8.40. The van der Waals surface area contributed by atoms with Crippen LogP contribution in [0, 0.1) is 5.92 Å². The fourth-order valence-electron chi connectivity index (χ4n) is 2.44. The number of carbonyl (C=O) groups excluding carboxylic acids is 1. The average Bonchev–Trinajstić information content (AvgIpc) is 2.41. The van der Waals surface area contributed by atoms with Crippen molar-refractivity contribution in [3.8, 4) is 0 Å². The molecular formula is C17H27ClN2O. The Morgan fingerprint density at radius 2 is 2.00 bits per heavy atom. The van der Waals surface area contributed by atoms with E-state index in [-0.39, 0.29) is 18.0 Å². The predicted molar refractivity (Wildman–Crippen MR) is 89.6 cm³/mol. The Hall–Kier alpha value is -1.06. The highest BCUT2D eigenvalue weighted by molar-refractivity contribution is 6.30. The van der Waals surface area contributed by atoms with Gasteiger partial charge in [0.15, 0.2) is 0 Å². The number of rotatable bonds is 7. The van der Waals surface area contributed by atoms with Crippen LogP contribution in [0.5, 0.6) is 0 Å². The van der Waals surface area contributed by atoms with Crippen molar-refractivity contribution in [2.45, 2.75) is 45.7 Å². The average molecular weight is 311 g/mol. The Morgan fingerprint density at radius 3 is 2.48 bits per heavy atom. The standard InChI is InChI=1S/C17H27ClN2O/c1-6-15(13-8-7-9-14(18)11-13)19-16(10-12(2)3)17(21)20(4)5/h7-9,11-12,15-16,19H,6,10H2,1-5H3. The van der Waals surface area contributed by atoms with E-state index in [2.05, 4.69) is 32.2 Å². The van der Waals surface area contributed by atoms with E-state index in [0.717, 1.165) is 23.4 Å². The first-order valence-corrected chi connectivity index (χ1v) is 7.95. The van der Waals surface area contributed by atoms with Crippen molar-refractivity contribution in [2.75, 3.05) is 14.1 Å². The van der Waals surface area contributed by atoms with Crippen LogP contribution in [0.3, 0.4) is 0 Å². The number of halogens is 1. The lowest BCUT2D eigenvalue weighted by atomic mass is 9.98. The molecule has 0 radical (unpaired) electrons. The molecule has 0 saturated heterocycles. The van der Waals surface area contributed by atoms with Crippen molar-refractivity contribution in [3.63, 3.8) is 0 Å². The SMILES string of the molecule is CCC(NC(CC(C)C)C(=O)N(C)C)c1cccc(Cl)c1. The molecule has 0 saturated carbocycles. The molecule has 0 aliphatic rings. The van der Waals surface area contributed by atoms with Crippen molar-refractivity contribution in [1.29, 1.82) is 0 Å². The van der Waals surface area contributed by atoms with Crippen LogP contribution in [0.15, 0.2) is 24.3 Å². The Morgan fingerprint density at radius 1 is 1.33 bits per heavy atom. The number of hydrogen-bond donors (Lipinski definition) is 1. The van der Waals surface area contributed by atoms with Crippen LogP contribution in [-0.4, -0.2) is 30.9 Å². The summed E-state index contributed by atoms with van der Waals surface area (Å²) in [4.78, 5) is 14.0. The summed E-state index contributed by atoms with van der Waals surface area (Å²) in [6.45, 7) is 6.39. The smallest absolute Gasteiger partial charge is 0.239 e. The Bertz CT molecular complexity index is 460. The fraction of sp³-hybridized carbons (Fsp3) is 0.588. The lowest BCUT2D eigenvalue weighted by Gasteiger charge is -2.28. The van der Waals surface area contributed by atoms with E-state index in [0.29, 0.717) is 5.92 Å². The highest BCUT2D eigenvalue weighted by atomic mass is 35.5. The zero-order valence-electron chi connectivity index (χ0n) is 13.7. The number of benzene rings is 1. The van der Waals surface area contributed by atoms with Gasteiger partial charge < -0.3 is 4.90 Å². The molecule has 0 heterocycles. The topological polar surface area (TPSA) is 32.3 Å². The summed E-state index contributed by atoms with van der Waals surface area (Å²) >= 11 is 6.08. The molecule has 0 spiro atoms. The van der Waals surface area contributed by atoms with Gasteiger partial charge in [-0.2, -0.15) is 0 Å². The summed E-state index contributed by atoms with van der Waals surface area (Å²) in [7, 11) is 3.61. The Kier molecular flexibility index (Phi) is 7.20. The predicted octanol–water partition coefficient (Wildman–Crippen LogP) is 3.88. The molecule has 21 heavy (non-hydrogen) atoms. The van der Waals surface area contributed by atoms with Crippen molar-refractivity contribution in [1.82, 2.24) is 10.2 Å². The second-order valence-corrected chi connectivity index (χ2v) is 6.53. The van der Waals surface area contributed by atoms with Gasteiger partial charge in [-0.15, -0.1) is 0 Å². The fourth-order valence-corrected chi connectivity index (χ4v) is 2.64. The normalized spacial score (nSPS) is 14.0. The minimum absolute atomic E-state index is 0.129.